The number of anilines is 1. The summed E-state index contributed by atoms with van der Waals surface area (Å²) in [5.74, 6) is 0.706. The molecular weight excluding hydrogens is 336 g/mol. The van der Waals surface area contributed by atoms with Crippen molar-refractivity contribution in [2.75, 3.05) is 17.1 Å². The number of nitrogens with zero attached hydrogens (tertiary/aromatic N) is 1. The highest BCUT2D eigenvalue weighted by Crippen LogP contribution is 2.22. The Hall–Kier alpha value is -1.56. The largest absolute Gasteiger partial charge is 0.353 e. The Bertz CT molecular complexity index is 661. The van der Waals surface area contributed by atoms with Gasteiger partial charge in [-0.25, -0.2) is 8.42 Å². The van der Waals surface area contributed by atoms with E-state index in [2.05, 4.69) is 33.0 Å². The molecule has 0 fully saturated rings. The Morgan fingerprint density at radius 3 is 2.16 bits per heavy atom. The van der Waals surface area contributed by atoms with Crippen LogP contribution in [0.3, 0.4) is 0 Å². The number of hydrogen-bond donors (Lipinski definition) is 1. The monoisotopic (exact) mass is 368 g/mol. The van der Waals surface area contributed by atoms with Gasteiger partial charge in [-0.15, -0.1) is 0 Å². The lowest BCUT2D eigenvalue weighted by atomic mass is 9.93. The number of rotatable bonds is 9. The molecular formula is C19H32N2O3S. The van der Waals surface area contributed by atoms with Crippen LogP contribution >= 0.6 is 0 Å². The lowest BCUT2D eigenvalue weighted by molar-refractivity contribution is -0.122. The van der Waals surface area contributed by atoms with Gasteiger partial charge in [-0.2, -0.15) is 0 Å². The fraction of sp³-hybridized carbons (Fsp3) is 0.632. The van der Waals surface area contributed by atoms with Gasteiger partial charge in [0, 0.05) is 19.0 Å². The Morgan fingerprint density at radius 2 is 1.68 bits per heavy atom. The number of benzene rings is 1. The van der Waals surface area contributed by atoms with Crippen LogP contribution < -0.4 is 9.62 Å². The normalized spacial score (nSPS) is 12.0. The summed E-state index contributed by atoms with van der Waals surface area (Å²) in [5.41, 5.74) is 1.57. The third kappa shape index (κ3) is 6.69. The summed E-state index contributed by atoms with van der Waals surface area (Å²) in [6, 6.07) is 7.52. The molecule has 6 heteroatoms. The zero-order valence-electron chi connectivity index (χ0n) is 16.2. The first-order chi connectivity index (χ1) is 11.5. The van der Waals surface area contributed by atoms with Crippen molar-refractivity contribution >= 4 is 21.6 Å². The van der Waals surface area contributed by atoms with Gasteiger partial charge in [0.15, 0.2) is 0 Å². The predicted molar refractivity (Wildman–Crippen MR) is 104 cm³/mol. The Morgan fingerprint density at radius 1 is 1.12 bits per heavy atom. The SMILES string of the molecule is Cc1ccccc1N(CCCC(=O)NC(C(C)C)C(C)C)S(C)(=O)=O. The number of nitrogens with one attached hydrogen (secondary N) is 1. The summed E-state index contributed by atoms with van der Waals surface area (Å²) in [6.45, 7) is 10.5. The molecule has 0 radical (unpaired) electrons. The first kappa shape index (κ1) is 21.5. The van der Waals surface area contributed by atoms with Gasteiger partial charge in [0.1, 0.15) is 0 Å². The Balaban J connectivity index is 2.70. The van der Waals surface area contributed by atoms with Crippen molar-refractivity contribution < 1.29 is 13.2 Å². The number of amides is 1. The van der Waals surface area contributed by atoms with Gasteiger partial charge < -0.3 is 5.32 Å². The van der Waals surface area contributed by atoms with Gasteiger partial charge in [-0.1, -0.05) is 45.9 Å². The molecule has 0 aliphatic rings. The van der Waals surface area contributed by atoms with E-state index >= 15 is 0 Å². The van der Waals surface area contributed by atoms with Crippen molar-refractivity contribution in [3.05, 3.63) is 29.8 Å². The third-order valence-corrected chi connectivity index (χ3v) is 5.49. The van der Waals surface area contributed by atoms with E-state index in [9.17, 15) is 13.2 Å². The maximum atomic E-state index is 12.2. The van der Waals surface area contributed by atoms with Crippen molar-refractivity contribution in [3.63, 3.8) is 0 Å². The molecule has 0 heterocycles. The molecule has 1 N–H and O–H groups in total. The second-order valence-electron chi connectivity index (χ2n) is 7.31. The van der Waals surface area contributed by atoms with E-state index in [0.29, 0.717) is 36.9 Å². The maximum absolute atomic E-state index is 12.2. The van der Waals surface area contributed by atoms with E-state index in [0.717, 1.165) is 5.56 Å². The van der Waals surface area contributed by atoms with Crippen LogP contribution in [0.2, 0.25) is 0 Å². The van der Waals surface area contributed by atoms with Crippen LogP contribution in [0.1, 0.15) is 46.1 Å². The number of para-hydroxylation sites is 1. The summed E-state index contributed by atoms with van der Waals surface area (Å²) in [4.78, 5) is 12.2. The Labute approximate surface area is 152 Å². The van der Waals surface area contributed by atoms with E-state index in [1.807, 2.05) is 25.1 Å². The highest BCUT2D eigenvalue weighted by Gasteiger charge is 2.21. The van der Waals surface area contributed by atoms with Crippen LogP contribution in [0.4, 0.5) is 5.69 Å². The van der Waals surface area contributed by atoms with E-state index in [1.54, 1.807) is 6.07 Å². The number of carbonyl (C=O) groups is 1. The molecule has 0 unspecified atom stereocenters. The number of carbonyl (C=O) groups excluding carboxylic acids is 1. The van der Waals surface area contributed by atoms with Gasteiger partial charge in [0.2, 0.25) is 15.9 Å². The van der Waals surface area contributed by atoms with E-state index in [-0.39, 0.29) is 11.9 Å². The third-order valence-electron chi connectivity index (χ3n) is 4.31. The molecule has 1 amide bonds. The average Bonchev–Trinajstić information content (AvgIpc) is 2.48. The summed E-state index contributed by atoms with van der Waals surface area (Å²) in [6.07, 6.45) is 2.00. The smallest absolute Gasteiger partial charge is 0.232 e. The standard InChI is InChI=1S/C19H32N2O3S/c1-14(2)19(15(3)4)20-18(22)12-9-13-21(25(6,23)24)17-11-8-7-10-16(17)5/h7-8,10-11,14-15,19H,9,12-13H2,1-6H3,(H,20,22). The van der Waals surface area contributed by atoms with Crippen molar-refractivity contribution in [3.8, 4) is 0 Å². The molecule has 0 saturated heterocycles. The van der Waals surface area contributed by atoms with Crippen molar-refractivity contribution in [2.45, 2.75) is 53.5 Å². The Kier molecular flexibility index (Phi) is 7.93. The van der Waals surface area contributed by atoms with E-state index < -0.39 is 10.0 Å². The molecule has 0 atom stereocenters. The number of hydrogen-bond acceptors (Lipinski definition) is 3. The molecule has 0 saturated carbocycles. The molecule has 142 valence electrons. The number of aryl methyl sites for hydroxylation is 1. The molecule has 0 aromatic heterocycles. The summed E-state index contributed by atoms with van der Waals surface area (Å²) in [7, 11) is -3.39. The highest BCUT2D eigenvalue weighted by atomic mass is 32.2. The molecule has 1 aromatic rings. The summed E-state index contributed by atoms with van der Waals surface area (Å²) in [5, 5.41) is 3.07. The molecule has 1 aromatic carbocycles. The zero-order chi connectivity index (χ0) is 19.2. The van der Waals surface area contributed by atoms with Crippen LogP contribution in [-0.2, 0) is 14.8 Å². The van der Waals surface area contributed by atoms with Crippen molar-refractivity contribution in [1.29, 1.82) is 0 Å². The molecule has 1 rings (SSSR count). The lowest BCUT2D eigenvalue weighted by Gasteiger charge is -2.27. The second-order valence-corrected chi connectivity index (χ2v) is 9.21. The summed E-state index contributed by atoms with van der Waals surface area (Å²) < 4.78 is 25.7. The van der Waals surface area contributed by atoms with Gasteiger partial charge in [-0.3, -0.25) is 9.10 Å². The minimum Gasteiger partial charge on any atom is -0.353 e. The van der Waals surface area contributed by atoms with Crippen LogP contribution in [-0.4, -0.2) is 33.2 Å². The van der Waals surface area contributed by atoms with Gasteiger partial charge in [-0.05, 0) is 36.8 Å². The molecule has 0 spiro atoms. The fourth-order valence-electron chi connectivity index (χ4n) is 3.05. The van der Waals surface area contributed by atoms with Crippen LogP contribution in [0, 0.1) is 18.8 Å². The lowest BCUT2D eigenvalue weighted by Crippen LogP contribution is -2.42. The maximum Gasteiger partial charge on any atom is 0.232 e. The molecule has 25 heavy (non-hydrogen) atoms. The molecule has 0 bridgehead atoms. The fourth-order valence-corrected chi connectivity index (χ4v) is 4.08. The minimum atomic E-state index is -3.39. The molecule has 0 aliphatic heterocycles. The van der Waals surface area contributed by atoms with E-state index in [1.165, 1.54) is 10.6 Å². The van der Waals surface area contributed by atoms with Gasteiger partial charge in [0.05, 0.1) is 11.9 Å². The van der Waals surface area contributed by atoms with Gasteiger partial charge >= 0.3 is 0 Å². The van der Waals surface area contributed by atoms with Crippen molar-refractivity contribution in [2.24, 2.45) is 11.8 Å². The van der Waals surface area contributed by atoms with Crippen molar-refractivity contribution in [1.82, 2.24) is 5.32 Å². The van der Waals surface area contributed by atoms with Gasteiger partial charge in [0.25, 0.3) is 0 Å². The average molecular weight is 369 g/mol. The van der Waals surface area contributed by atoms with Crippen LogP contribution in [0.25, 0.3) is 0 Å². The molecule has 0 aliphatic carbocycles. The molecule has 5 nitrogen and oxygen atoms in total. The zero-order valence-corrected chi connectivity index (χ0v) is 17.1. The first-order valence-electron chi connectivity index (χ1n) is 8.86. The van der Waals surface area contributed by atoms with Crippen LogP contribution in [0.15, 0.2) is 24.3 Å². The quantitative estimate of drug-likeness (QED) is 0.727. The predicted octanol–water partition coefficient (Wildman–Crippen LogP) is 3.34. The minimum absolute atomic E-state index is 0.0226. The van der Waals surface area contributed by atoms with Crippen LogP contribution in [0.5, 0.6) is 0 Å². The highest BCUT2D eigenvalue weighted by molar-refractivity contribution is 7.92. The first-order valence-corrected chi connectivity index (χ1v) is 10.7. The summed E-state index contributed by atoms with van der Waals surface area (Å²) >= 11 is 0. The van der Waals surface area contributed by atoms with E-state index in [4.69, 9.17) is 0 Å². The number of sulfonamides is 1. The topological polar surface area (TPSA) is 66.5 Å². The second kappa shape index (κ2) is 9.22.